The van der Waals surface area contributed by atoms with Gasteiger partial charge in [-0.1, -0.05) is 72.8 Å². The zero-order chi connectivity index (χ0) is 44.4. The number of rotatable bonds is 9. The molecule has 0 spiro atoms. The van der Waals surface area contributed by atoms with Crippen LogP contribution in [0.25, 0.3) is 22.5 Å². The summed E-state index contributed by atoms with van der Waals surface area (Å²) in [7, 11) is -11.8. The quantitative estimate of drug-likeness (QED) is 0.0590. The molecule has 0 bridgehead atoms. The number of halogens is 6. The first-order chi connectivity index (χ1) is 27.9. The van der Waals surface area contributed by atoms with Gasteiger partial charge < -0.3 is 31.2 Å². The molecule has 24 heteroatoms. The summed E-state index contributed by atoms with van der Waals surface area (Å²) in [6.45, 7) is 0. The number of hydrogen-bond acceptors (Lipinski definition) is 14. The van der Waals surface area contributed by atoms with Crippen LogP contribution in [-0.4, -0.2) is 61.1 Å². The molecule has 306 valence electrons. The Balaban J connectivity index is 1.68. The second-order valence-electron chi connectivity index (χ2n) is 12.6. The molecule has 0 aliphatic heterocycles. The number of aliphatic hydroxyl groups is 2. The van der Waals surface area contributed by atoms with E-state index in [2.05, 4.69) is 30.8 Å². The maximum atomic E-state index is 14.2. The van der Waals surface area contributed by atoms with Gasteiger partial charge in [0.2, 0.25) is 2.82 Å². The monoisotopic (exact) mass is 856 g/mol. The van der Waals surface area contributed by atoms with E-state index < -0.39 is 122 Å². The van der Waals surface area contributed by atoms with Gasteiger partial charge in [0, 0.05) is 22.3 Å². The highest BCUT2D eigenvalue weighted by atomic mass is 32.2. The number of benzene rings is 4. The van der Waals surface area contributed by atoms with E-state index in [0.717, 1.165) is 36.4 Å². The number of fused-ring (bicyclic) bond motifs is 2. The standard InChI is InChI=1S/C34H26F6N6O10S2/c35-33(36,37)55-23-13-15(9-11-21(23)31(57(49,50)51)19-7-3-1-5-17(19)25(41)27(45-43)29(31)47)16-10-12-22(24(14-16)56-34(38,39)40)32(58(52,53)54)20-8-4-2-6-18(20)26(42)28(46-44)30(32)48/h1-14,29-30,43-44,47-48H,41-42H2,(H,49,50,51)(H,52,53,54)/b45-43+,46-44+. The first-order valence-electron chi connectivity index (χ1n) is 16.8. The molecule has 0 heterocycles. The lowest BCUT2D eigenvalue weighted by atomic mass is 9.75. The average Bonchev–Trinajstić information content (AvgIpc) is 3.14. The smallest absolute Gasteiger partial charge is 0.405 e. The van der Waals surface area contributed by atoms with E-state index in [4.69, 9.17) is 14.3 Å². The molecule has 0 fully saturated rings. The fraction of sp³-hybridized carbons (Fsp3) is 0.176. The van der Waals surface area contributed by atoms with E-state index in [-0.39, 0.29) is 11.1 Å². The lowest BCUT2D eigenvalue weighted by molar-refractivity contribution is -0.276. The van der Waals surface area contributed by atoms with Crippen molar-refractivity contribution < 1.29 is 74.8 Å². The van der Waals surface area contributed by atoms with Crippen LogP contribution in [0.15, 0.2) is 107 Å². The van der Waals surface area contributed by atoms with Crippen molar-refractivity contribution in [2.45, 2.75) is 34.4 Å². The van der Waals surface area contributed by atoms with Gasteiger partial charge in [-0.05, 0) is 34.4 Å². The number of nitrogens with one attached hydrogen (secondary N) is 2. The van der Waals surface area contributed by atoms with E-state index in [1.807, 2.05) is 0 Å². The van der Waals surface area contributed by atoms with Gasteiger partial charge in [-0.25, -0.2) is 11.0 Å². The van der Waals surface area contributed by atoms with Crippen LogP contribution in [0.2, 0.25) is 2.82 Å². The molecule has 58 heavy (non-hydrogen) atoms. The van der Waals surface area contributed by atoms with Crippen molar-refractivity contribution in [3.05, 3.63) is 130 Å². The summed E-state index contributed by atoms with van der Waals surface area (Å²) < 4.78 is 177. The maximum absolute atomic E-state index is 14.2. The molecule has 0 radical (unpaired) electrons. The van der Waals surface area contributed by atoms with Gasteiger partial charge in [-0.15, -0.1) is 26.3 Å². The van der Waals surface area contributed by atoms with Crippen LogP contribution in [0.5, 0.6) is 11.5 Å². The van der Waals surface area contributed by atoms with Gasteiger partial charge in [0.15, 0.2) is 9.49 Å². The molecule has 4 aromatic rings. The SMILES string of the molecule is [H]/N=N/C1=C(N)c2ccccc2C(c2ccc(-c3ccc(C4(S(=O)(=O)O)c5ccccc5C(N)=C(/N=N/[H])C4O)c(OC(F)(F)F)c3)cc2OC(F)(F)F)(S(=O)(=O)O)C1O. The minimum absolute atomic E-state index is 0.294. The van der Waals surface area contributed by atoms with Crippen molar-refractivity contribution in [3.63, 3.8) is 0 Å². The Hall–Kier alpha value is -5.92. The summed E-state index contributed by atoms with van der Waals surface area (Å²) in [6.07, 6.45) is -16.7. The summed E-state index contributed by atoms with van der Waals surface area (Å²) in [5.41, 5.74) is 9.77. The molecule has 16 nitrogen and oxygen atoms in total. The number of nitrogens with zero attached hydrogens (tertiary/aromatic N) is 2. The van der Waals surface area contributed by atoms with Gasteiger partial charge in [0.1, 0.15) is 35.1 Å². The predicted octanol–water partition coefficient (Wildman–Crippen LogP) is 5.48. The van der Waals surface area contributed by atoms with Crippen LogP contribution in [0.3, 0.4) is 0 Å². The molecular weight excluding hydrogens is 831 g/mol. The van der Waals surface area contributed by atoms with Crippen LogP contribution >= 0.6 is 0 Å². The Morgan fingerprint density at radius 1 is 0.621 bits per heavy atom. The molecular formula is C34H26F6N6O10S2. The van der Waals surface area contributed by atoms with E-state index >= 15 is 0 Å². The molecule has 10 N–H and O–H groups in total. The number of nitrogens with two attached hydrogens (primary N) is 2. The Labute approximate surface area is 325 Å². The van der Waals surface area contributed by atoms with Crippen molar-refractivity contribution in [1.29, 1.82) is 11.0 Å². The lowest BCUT2D eigenvalue weighted by Crippen LogP contribution is -2.51. The lowest BCUT2D eigenvalue weighted by Gasteiger charge is -2.41. The molecule has 0 saturated carbocycles. The first-order valence-corrected chi connectivity index (χ1v) is 18.7. The first kappa shape index (κ1) is 38.9. The summed E-state index contributed by atoms with van der Waals surface area (Å²) >= 11 is 0. The number of ether oxygens (including phenoxy) is 2. The highest BCUT2D eigenvalue weighted by molar-refractivity contribution is 7.87. The van der Waals surface area contributed by atoms with Crippen molar-refractivity contribution in [1.82, 2.24) is 0 Å². The second kappa shape index (κ2) is 13.9. The largest absolute Gasteiger partial charge is 0.573 e. The third kappa shape index (κ3) is 6.33. The summed E-state index contributed by atoms with van der Waals surface area (Å²) in [6, 6.07) is 13.0. The van der Waals surface area contributed by atoms with Crippen LogP contribution in [-0.2, 0) is 29.7 Å². The van der Waals surface area contributed by atoms with Gasteiger partial charge in [0.25, 0.3) is 20.2 Å². The molecule has 4 unspecified atom stereocenters. The Morgan fingerprint density at radius 3 is 1.28 bits per heavy atom. The second-order valence-corrected chi connectivity index (χ2v) is 15.8. The van der Waals surface area contributed by atoms with E-state index in [9.17, 15) is 62.5 Å². The summed E-state index contributed by atoms with van der Waals surface area (Å²) in [4.78, 5) is 0. The van der Waals surface area contributed by atoms with Gasteiger partial charge in [-0.3, -0.25) is 9.11 Å². The fourth-order valence-corrected chi connectivity index (χ4v) is 10.0. The average molecular weight is 857 g/mol. The third-order valence-electron chi connectivity index (χ3n) is 9.65. The van der Waals surface area contributed by atoms with Crippen LogP contribution in [0.4, 0.5) is 26.3 Å². The number of hydrogen-bond donors (Lipinski definition) is 8. The van der Waals surface area contributed by atoms with Crippen LogP contribution < -0.4 is 20.9 Å². The summed E-state index contributed by atoms with van der Waals surface area (Å²) in [5, 5.41) is 29.8. The van der Waals surface area contributed by atoms with Gasteiger partial charge >= 0.3 is 12.7 Å². The highest BCUT2D eigenvalue weighted by Crippen LogP contribution is 2.55. The molecule has 0 saturated heterocycles. The fourth-order valence-electron chi connectivity index (χ4n) is 7.41. The zero-order valence-electron chi connectivity index (χ0n) is 30.5. The van der Waals surface area contributed by atoms with E-state index in [1.54, 1.807) is 0 Å². The normalized spacial score (nSPS) is 23.4. The molecule has 0 aromatic heterocycles. The van der Waals surface area contributed by atoms with E-state index in [0.29, 0.717) is 24.3 Å². The van der Waals surface area contributed by atoms with Crippen molar-refractivity contribution >= 4 is 31.6 Å². The molecule has 2 aliphatic carbocycles. The Kier molecular flexibility index (Phi) is 9.31. The minimum Gasteiger partial charge on any atom is -0.405 e. The minimum atomic E-state index is -5.88. The van der Waals surface area contributed by atoms with Crippen molar-refractivity contribution in [2.75, 3.05) is 0 Å². The highest BCUT2D eigenvalue weighted by Gasteiger charge is 2.61. The Morgan fingerprint density at radius 2 is 0.966 bits per heavy atom. The molecule has 4 aromatic carbocycles. The third-order valence-corrected chi connectivity index (χ3v) is 12.6. The van der Waals surface area contributed by atoms with Crippen molar-refractivity contribution in [2.24, 2.45) is 21.7 Å². The predicted molar refractivity (Wildman–Crippen MR) is 187 cm³/mol. The van der Waals surface area contributed by atoms with Crippen LogP contribution in [0.1, 0.15) is 33.4 Å². The molecule has 4 atom stereocenters. The maximum Gasteiger partial charge on any atom is 0.573 e. The number of alkyl halides is 6. The summed E-state index contributed by atoms with van der Waals surface area (Å²) in [5.74, 6) is -2.96. The Bertz CT molecular complexity index is 2590. The van der Waals surface area contributed by atoms with Gasteiger partial charge in [0.05, 0.1) is 11.4 Å². The van der Waals surface area contributed by atoms with Crippen LogP contribution in [0, 0.1) is 11.0 Å². The number of aliphatic hydroxyl groups excluding tert-OH is 2. The molecule has 6 rings (SSSR count). The van der Waals surface area contributed by atoms with Crippen molar-refractivity contribution in [3.8, 4) is 22.6 Å². The zero-order valence-corrected chi connectivity index (χ0v) is 30.1. The topological polar surface area (TPSA) is 292 Å². The van der Waals surface area contributed by atoms with E-state index in [1.165, 1.54) is 24.3 Å². The van der Waals surface area contributed by atoms with Gasteiger partial charge in [-0.2, -0.15) is 27.1 Å². The molecule has 2 aliphatic rings. The molecule has 0 amide bonds.